The number of carbonyl (C=O) groups is 2. The Morgan fingerprint density at radius 2 is 1.87 bits per heavy atom. The Bertz CT molecular complexity index is 1190. The molecule has 0 atom stereocenters. The van der Waals surface area contributed by atoms with Crippen LogP contribution in [-0.4, -0.2) is 21.8 Å². The maximum atomic E-state index is 12.4. The number of hydrogen-bond donors (Lipinski definition) is 2. The van der Waals surface area contributed by atoms with Gasteiger partial charge in [-0.2, -0.15) is 0 Å². The molecule has 0 unspecified atom stereocenters. The van der Waals surface area contributed by atoms with Crippen LogP contribution in [0.1, 0.15) is 24.1 Å². The van der Waals surface area contributed by atoms with E-state index in [9.17, 15) is 9.59 Å². The molecule has 4 rings (SSSR count). The zero-order valence-electron chi connectivity index (χ0n) is 16.2. The van der Waals surface area contributed by atoms with E-state index < -0.39 is 0 Å². The third kappa shape index (κ3) is 4.84. The van der Waals surface area contributed by atoms with Gasteiger partial charge in [-0.15, -0.1) is 22.7 Å². The number of nitrogens with one attached hydrogen (secondary N) is 2. The van der Waals surface area contributed by atoms with Crippen LogP contribution in [0.4, 0.5) is 5.13 Å². The van der Waals surface area contributed by atoms with Crippen LogP contribution in [0.2, 0.25) is 0 Å². The summed E-state index contributed by atoms with van der Waals surface area (Å²) in [7, 11) is 0. The fraction of sp³-hybridized carbons (Fsp3) is 0.200. The maximum absolute atomic E-state index is 12.4. The topological polar surface area (TPSA) is 110 Å². The molecule has 154 valence electrons. The lowest BCUT2D eigenvalue weighted by atomic mass is 10.3. The van der Waals surface area contributed by atoms with E-state index in [1.807, 2.05) is 24.4 Å². The van der Waals surface area contributed by atoms with Gasteiger partial charge >= 0.3 is 0 Å². The van der Waals surface area contributed by atoms with Crippen molar-refractivity contribution in [3.63, 3.8) is 0 Å². The number of furan rings is 2. The molecule has 8 nitrogen and oxygen atoms in total. The van der Waals surface area contributed by atoms with Gasteiger partial charge in [0.2, 0.25) is 11.8 Å². The molecule has 0 saturated carbocycles. The molecule has 4 heterocycles. The van der Waals surface area contributed by atoms with E-state index in [1.165, 1.54) is 29.6 Å². The second-order valence-corrected chi connectivity index (χ2v) is 8.21. The van der Waals surface area contributed by atoms with E-state index in [0.717, 1.165) is 10.8 Å². The quantitative estimate of drug-likeness (QED) is 0.443. The number of hydrogen-bond acceptors (Lipinski definition) is 8. The van der Waals surface area contributed by atoms with E-state index in [-0.39, 0.29) is 18.2 Å². The number of carbonyl (C=O) groups excluding carboxylic acids is 2. The van der Waals surface area contributed by atoms with Crippen LogP contribution in [-0.2, 0) is 22.6 Å². The lowest BCUT2D eigenvalue weighted by Gasteiger charge is -1.99. The number of nitrogens with zero attached hydrogens (tertiary/aromatic N) is 2. The molecule has 30 heavy (non-hydrogen) atoms. The molecule has 0 aromatic carbocycles. The molecule has 2 amide bonds. The molecule has 0 spiro atoms. The zero-order chi connectivity index (χ0) is 21.1. The fourth-order valence-electron chi connectivity index (χ4n) is 2.65. The normalized spacial score (nSPS) is 10.9. The Labute approximate surface area is 180 Å². The van der Waals surface area contributed by atoms with Gasteiger partial charge in [0.25, 0.3) is 0 Å². The summed E-state index contributed by atoms with van der Waals surface area (Å²) in [6.45, 7) is 3.64. The molecule has 0 aliphatic heterocycles. The lowest BCUT2D eigenvalue weighted by Crippen LogP contribution is -2.18. The molecule has 0 fully saturated rings. The molecule has 0 aliphatic carbocycles. The van der Waals surface area contributed by atoms with Crippen LogP contribution in [0.25, 0.3) is 22.2 Å². The summed E-state index contributed by atoms with van der Waals surface area (Å²) in [5.74, 6) is 2.39. The van der Waals surface area contributed by atoms with Gasteiger partial charge in [-0.3, -0.25) is 9.59 Å². The molecular formula is C20H18N4O4S2. The van der Waals surface area contributed by atoms with Crippen molar-refractivity contribution in [3.05, 3.63) is 52.2 Å². The van der Waals surface area contributed by atoms with Gasteiger partial charge in [0, 0.05) is 17.7 Å². The lowest BCUT2D eigenvalue weighted by molar-refractivity contribution is -0.119. The Morgan fingerprint density at radius 3 is 2.63 bits per heavy atom. The highest BCUT2D eigenvalue weighted by molar-refractivity contribution is 7.14. The first-order valence-corrected chi connectivity index (χ1v) is 10.8. The second kappa shape index (κ2) is 8.64. The van der Waals surface area contributed by atoms with Gasteiger partial charge in [-0.05, 0) is 31.2 Å². The van der Waals surface area contributed by atoms with Crippen LogP contribution in [0.15, 0.2) is 43.9 Å². The fourth-order valence-corrected chi connectivity index (χ4v) is 4.14. The minimum absolute atomic E-state index is 0.127. The molecule has 10 heteroatoms. The van der Waals surface area contributed by atoms with Crippen molar-refractivity contribution < 1.29 is 18.4 Å². The molecular weight excluding hydrogens is 424 g/mol. The molecule has 0 saturated heterocycles. The monoisotopic (exact) mass is 442 g/mol. The highest BCUT2D eigenvalue weighted by atomic mass is 32.1. The Balaban J connectivity index is 1.35. The van der Waals surface area contributed by atoms with Crippen molar-refractivity contribution in [2.75, 3.05) is 5.32 Å². The summed E-state index contributed by atoms with van der Waals surface area (Å²) >= 11 is 2.75. The van der Waals surface area contributed by atoms with Crippen molar-refractivity contribution in [2.45, 2.75) is 26.8 Å². The number of rotatable bonds is 7. The third-order valence-electron chi connectivity index (χ3n) is 4.02. The summed E-state index contributed by atoms with van der Waals surface area (Å²) in [6, 6.07) is 7.31. The van der Waals surface area contributed by atoms with Gasteiger partial charge in [-0.25, -0.2) is 9.97 Å². The van der Waals surface area contributed by atoms with Crippen molar-refractivity contribution in [3.8, 4) is 22.2 Å². The number of amides is 2. The van der Waals surface area contributed by atoms with Crippen molar-refractivity contribution >= 4 is 39.6 Å². The molecule has 2 N–H and O–H groups in total. The highest BCUT2D eigenvalue weighted by Crippen LogP contribution is 2.28. The molecule has 4 aromatic heterocycles. The smallest absolute Gasteiger partial charge is 0.232 e. The molecule has 0 aliphatic rings. The minimum Gasteiger partial charge on any atom is -0.459 e. The average Bonchev–Trinajstić information content (AvgIpc) is 3.47. The summed E-state index contributed by atoms with van der Waals surface area (Å²) < 4.78 is 11.2. The van der Waals surface area contributed by atoms with Gasteiger partial charge < -0.3 is 19.5 Å². The van der Waals surface area contributed by atoms with Gasteiger partial charge in [0.1, 0.15) is 17.2 Å². The predicted molar refractivity (Wildman–Crippen MR) is 114 cm³/mol. The first kappa shape index (κ1) is 20.0. The number of aryl methyl sites for hydroxylation is 1. The van der Waals surface area contributed by atoms with Gasteiger partial charge in [0.15, 0.2) is 21.7 Å². The van der Waals surface area contributed by atoms with Crippen LogP contribution in [0, 0.1) is 6.92 Å². The summed E-state index contributed by atoms with van der Waals surface area (Å²) in [6.07, 6.45) is 0.146. The predicted octanol–water partition coefficient (Wildman–Crippen LogP) is 4.25. The maximum Gasteiger partial charge on any atom is 0.232 e. The van der Waals surface area contributed by atoms with Crippen molar-refractivity contribution in [1.82, 2.24) is 15.3 Å². The van der Waals surface area contributed by atoms with E-state index >= 15 is 0 Å². The van der Waals surface area contributed by atoms with E-state index in [0.29, 0.717) is 40.3 Å². The van der Waals surface area contributed by atoms with Crippen LogP contribution in [0.5, 0.6) is 0 Å². The molecule has 4 aromatic rings. The minimum atomic E-state index is -0.200. The van der Waals surface area contributed by atoms with Gasteiger partial charge in [-0.1, -0.05) is 0 Å². The van der Waals surface area contributed by atoms with Crippen molar-refractivity contribution in [1.29, 1.82) is 0 Å². The largest absolute Gasteiger partial charge is 0.459 e. The number of thiazole rings is 2. The first-order chi connectivity index (χ1) is 14.5. The van der Waals surface area contributed by atoms with Crippen LogP contribution >= 0.6 is 22.7 Å². The Hall–Kier alpha value is -3.24. The number of anilines is 1. The SMILES string of the molecule is CC(=O)NCc1ccc(-c2csc(NC(=O)Cc3csc(-c4ccc(C)o4)n3)n2)o1. The molecule has 0 bridgehead atoms. The van der Waals surface area contributed by atoms with Crippen molar-refractivity contribution in [2.24, 2.45) is 0 Å². The van der Waals surface area contributed by atoms with E-state index in [1.54, 1.807) is 17.5 Å². The summed E-state index contributed by atoms with van der Waals surface area (Å²) in [4.78, 5) is 32.2. The van der Waals surface area contributed by atoms with E-state index in [4.69, 9.17) is 8.83 Å². The Kier molecular flexibility index (Phi) is 5.77. The van der Waals surface area contributed by atoms with Crippen LogP contribution in [0.3, 0.4) is 0 Å². The highest BCUT2D eigenvalue weighted by Gasteiger charge is 2.14. The summed E-state index contributed by atoms with van der Waals surface area (Å²) in [5.41, 5.74) is 1.29. The van der Waals surface area contributed by atoms with Crippen LogP contribution < -0.4 is 10.6 Å². The Morgan fingerprint density at radius 1 is 1.03 bits per heavy atom. The summed E-state index contributed by atoms with van der Waals surface area (Å²) in [5, 5.41) is 10.3. The average molecular weight is 443 g/mol. The van der Waals surface area contributed by atoms with Gasteiger partial charge in [0.05, 0.1) is 18.7 Å². The first-order valence-electron chi connectivity index (χ1n) is 9.06. The standard InChI is InChI=1S/C20H18N4O4S2/c1-11-3-5-17(27-11)19-22-13(9-29-19)7-18(26)24-20-23-15(10-30-20)16-6-4-14(28-16)8-21-12(2)25/h3-6,9-10H,7-8H2,1-2H3,(H,21,25)(H,23,24,26). The third-order valence-corrected chi connectivity index (χ3v) is 5.68. The zero-order valence-corrected chi connectivity index (χ0v) is 17.9. The second-order valence-electron chi connectivity index (χ2n) is 6.49. The molecule has 0 radical (unpaired) electrons. The van der Waals surface area contributed by atoms with E-state index in [2.05, 4.69) is 20.6 Å². The number of aromatic nitrogens is 2.